The second-order valence-electron chi connectivity index (χ2n) is 7.64. The summed E-state index contributed by atoms with van der Waals surface area (Å²) in [7, 11) is -2.00. The van der Waals surface area contributed by atoms with Gasteiger partial charge < -0.3 is 15.8 Å². The van der Waals surface area contributed by atoms with E-state index in [1.54, 1.807) is 18.4 Å². The van der Waals surface area contributed by atoms with Gasteiger partial charge >= 0.3 is 0 Å². The van der Waals surface area contributed by atoms with Crippen molar-refractivity contribution >= 4 is 49.0 Å². The first-order valence-corrected chi connectivity index (χ1v) is 13.3. The zero-order valence-electron chi connectivity index (χ0n) is 17.8. The number of halogens is 1. The second-order valence-corrected chi connectivity index (χ2v) is 10.9. The van der Waals surface area contributed by atoms with E-state index in [-0.39, 0.29) is 24.7 Å². The Balaban J connectivity index is 1.68. The van der Waals surface area contributed by atoms with Crippen molar-refractivity contribution in [2.75, 3.05) is 25.5 Å². The molecular weight excluding hydrogens is 470 g/mol. The molecule has 0 radical (unpaired) electrons. The van der Waals surface area contributed by atoms with E-state index in [1.807, 2.05) is 18.2 Å². The number of nitrogens with one attached hydrogen (secondary N) is 2. The summed E-state index contributed by atoms with van der Waals surface area (Å²) in [4.78, 5) is 11.4. The topological polar surface area (TPSA) is 119 Å². The Morgan fingerprint density at radius 3 is 2.81 bits per heavy atom. The molecule has 0 aliphatic heterocycles. The van der Waals surface area contributed by atoms with E-state index in [4.69, 9.17) is 22.1 Å². The molecule has 4 rings (SSSR count). The third-order valence-corrected chi connectivity index (χ3v) is 8.09. The van der Waals surface area contributed by atoms with Gasteiger partial charge in [-0.2, -0.15) is 0 Å². The van der Waals surface area contributed by atoms with Gasteiger partial charge in [0.15, 0.2) is 0 Å². The van der Waals surface area contributed by atoms with Crippen LogP contribution in [0.4, 0.5) is 5.82 Å². The Bertz CT molecular complexity index is 1230. The highest BCUT2D eigenvalue weighted by atomic mass is 35.5. The molecule has 0 spiro atoms. The van der Waals surface area contributed by atoms with Crippen LogP contribution in [0, 0.1) is 0 Å². The Kier molecular flexibility index (Phi) is 7.16. The van der Waals surface area contributed by atoms with Gasteiger partial charge in [-0.05, 0) is 48.9 Å². The van der Waals surface area contributed by atoms with Gasteiger partial charge in [-0.1, -0.05) is 17.7 Å². The minimum Gasteiger partial charge on any atom is -0.495 e. The zero-order valence-corrected chi connectivity index (χ0v) is 20.2. The number of rotatable bonds is 9. The fourth-order valence-electron chi connectivity index (χ4n) is 3.84. The minimum absolute atomic E-state index is 0.182. The number of aryl methyl sites for hydroxylation is 2. The van der Waals surface area contributed by atoms with Crippen molar-refractivity contribution < 1.29 is 13.2 Å². The van der Waals surface area contributed by atoms with Gasteiger partial charge in [0.2, 0.25) is 10.0 Å². The first-order chi connectivity index (χ1) is 15.4. The molecule has 8 nitrogen and oxygen atoms in total. The van der Waals surface area contributed by atoms with Crippen LogP contribution in [0.15, 0.2) is 18.2 Å². The quantitative estimate of drug-likeness (QED) is 0.417. The maximum atomic E-state index is 12.4. The first kappa shape index (κ1) is 23.2. The van der Waals surface area contributed by atoms with Crippen molar-refractivity contribution in [3.8, 4) is 5.75 Å². The number of sulfonamides is 1. The summed E-state index contributed by atoms with van der Waals surface area (Å²) in [5.74, 6) is 1.24. The lowest BCUT2D eigenvalue weighted by molar-refractivity contribution is 0.415. The van der Waals surface area contributed by atoms with Gasteiger partial charge in [0.1, 0.15) is 28.0 Å². The smallest absolute Gasteiger partial charge is 0.219 e. The second kappa shape index (κ2) is 9.88. The Labute approximate surface area is 196 Å². The molecular formula is C21H26ClN5O3S2. The predicted octanol–water partition coefficient (Wildman–Crippen LogP) is 3.22. The van der Waals surface area contributed by atoms with E-state index >= 15 is 0 Å². The number of methoxy groups -OCH3 is 1. The summed E-state index contributed by atoms with van der Waals surface area (Å²) in [6.45, 7) is 0.896. The van der Waals surface area contributed by atoms with Crippen molar-refractivity contribution in [2.45, 2.75) is 38.0 Å². The molecule has 1 aromatic carbocycles. The number of aromatic nitrogens is 2. The molecule has 32 heavy (non-hydrogen) atoms. The van der Waals surface area contributed by atoms with Gasteiger partial charge in [-0.15, -0.1) is 11.3 Å². The lowest BCUT2D eigenvalue weighted by atomic mass is 9.97. The molecule has 2 aromatic heterocycles. The summed E-state index contributed by atoms with van der Waals surface area (Å²) in [5, 5.41) is 4.93. The minimum atomic E-state index is -3.57. The van der Waals surface area contributed by atoms with Gasteiger partial charge in [0.25, 0.3) is 0 Å². The third kappa shape index (κ3) is 5.15. The molecule has 0 unspecified atom stereocenters. The number of hydrogen-bond acceptors (Lipinski definition) is 8. The van der Waals surface area contributed by atoms with Crippen molar-refractivity contribution in [1.82, 2.24) is 14.7 Å². The zero-order chi connectivity index (χ0) is 22.7. The van der Waals surface area contributed by atoms with E-state index in [0.717, 1.165) is 41.5 Å². The van der Waals surface area contributed by atoms with Crippen LogP contribution in [-0.4, -0.2) is 38.6 Å². The Morgan fingerprint density at radius 1 is 1.25 bits per heavy atom. The van der Waals surface area contributed by atoms with E-state index in [9.17, 15) is 8.42 Å². The van der Waals surface area contributed by atoms with Crippen molar-refractivity contribution in [1.29, 1.82) is 0 Å². The van der Waals surface area contributed by atoms with Gasteiger partial charge in [-0.3, -0.25) is 0 Å². The van der Waals surface area contributed by atoms with Crippen molar-refractivity contribution in [3.63, 3.8) is 0 Å². The summed E-state index contributed by atoms with van der Waals surface area (Å²) >= 11 is 7.90. The lowest BCUT2D eigenvalue weighted by Crippen LogP contribution is -2.30. The van der Waals surface area contributed by atoms with Crippen LogP contribution < -0.4 is 20.5 Å². The summed E-state index contributed by atoms with van der Waals surface area (Å²) in [6, 6.07) is 5.60. The Hall–Kier alpha value is -1.98. The SMILES string of the molecule is COc1ccc(CNc2nc(CS(=O)(=O)NCCN)nc3sc4c(c23)CCCC4)cc1Cl. The molecule has 0 saturated carbocycles. The number of fused-ring (bicyclic) bond motifs is 3. The number of benzene rings is 1. The van der Waals surface area contributed by atoms with Crippen LogP contribution in [0.5, 0.6) is 5.75 Å². The van der Waals surface area contributed by atoms with Gasteiger partial charge in [-0.25, -0.2) is 23.1 Å². The molecule has 1 aliphatic carbocycles. The average Bonchev–Trinajstić information content (AvgIpc) is 3.14. The van der Waals surface area contributed by atoms with Crippen LogP contribution in [-0.2, 0) is 35.2 Å². The standard InChI is InChI=1S/C21H26ClN5O3S2/c1-30-16-7-6-13(10-15(16)22)11-24-20-19-14-4-2-3-5-17(14)31-21(19)27-18(26-20)12-32(28,29)25-9-8-23/h6-7,10,25H,2-5,8-9,11-12,23H2,1H3,(H,24,26,27). The van der Waals surface area contributed by atoms with Crippen LogP contribution >= 0.6 is 22.9 Å². The highest BCUT2D eigenvalue weighted by Crippen LogP contribution is 2.39. The molecule has 0 atom stereocenters. The summed E-state index contributed by atoms with van der Waals surface area (Å²) in [5.41, 5.74) is 7.67. The van der Waals surface area contributed by atoms with Crippen LogP contribution in [0.3, 0.4) is 0 Å². The molecule has 0 fully saturated rings. The maximum Gasteiger partial charge on any atom is 0.219 e. The fraction of sp³-hybridized carbons (Fsp3) is 0.429. The number of nitrogens with zero attached hydrogens (tertiary/aromatic N) is 2. The Morgan fingerprint density at radius 2 is 2.06 bits per heavy atom. The van der Waals surface area contributed by atoms with E-state index in [2.05, 4.69) is 20.0 Å². The number of anilines is 1. The molecule has 4 N–H and O–H groups in total. The molecule has 2 heterocycles. The molecule has 0 saturated heterocycles. The molecule has 3 aromatic rings. The predicted molar refractivity (Wildman–Crippen MR) is 129 cm³/mol. The third-order valence-electron chi connectivity index (χ3n) is 5.32. The molecule has 1 aliphatic rings. The first-order valence-electron chi connectivity index (χ1n) is 10.4. The highest BCUT2D eigenvalue weighted by molar-refractivity contribution is 7.88. The number of hydrogen-bond donors (Lipinski definition) is 3. The van der Waals surface area contributed by atoms with Crippen LogP contribution in [0.2, 0.25) is 5.02 Å². The van der Waals surface area contributed by atoms with Crippen molar-refractivity contribution in [3.05, 3.63) is 45.1 Å². The van der Waals surface area contributed by atoms with Crippen LogP contribution in [0.1, 0.15) is 34.7 Å². The molecule has 11 heteroatoms. The number of ether oxygens (including phenoxy) is 1. The van der Waals surface area contributed by atoms with E-state index < -0.39 is 10.0 Å². The van der Waals surface area contributed by atoms with Crippen LogP contribution in [0.25, 0.3) is 10.2 Å². The molecule has 172 valence electrons. The molecule has 0 amide bonds. The normalized spacial score (nSPS) is 13.8. The summed E-state index contributed by atoms with van der Waals surface area (Å²) < 4.78 is 32.5. The van der Waals surface area contributed by atoms with Gasteiger partial charge in [0.05, 0.1) is 17.5 Å². The fourth-order valence-corrected chi connectivity index (χ4v) is 6.40. The number of nitrogens with two attached hydrogens (primary N) is 1. The monoisotopic (exact) mass is 495 g/mol. The maximum absolute atomic E-state index is 12.4. The number of thiophene rings is 1. The molecule has 0 bridgehead atoms. The lowest BCUT2D eigenvalue weighted by Gasteiger charge is -2.14. The average molecular weight is 496 g/mol. The summed E-state index contributed by atoms with van der Waals surface area (Å²) in [6.07, 6.45) is 4.29. The van der Waals surface area contributed by atoms with E-state index in [1.165, 1.54) is 10.4 Å². The highest BCUT2D eigenvalue weighted by Gasteiger charge is 2.23. The van der Waals surface area contributed by atoms with Crippen molar-refractivity contribution in [2.24, 2.45) is 5.73 Å². The van der Waals surface area contributed by atoms with Gasteiger partial charge in [0, 0.05) is 24.5 Å². The van der Waals surface area contributed by atoms with E-state index in [0.29, 0.717) is 23.1 Å². The largest absolute Gasteiger partial charge is 0.495 e.